The topological polar surface area (TPSA) is 56.2 Å². The van der Waals surface area contributed by atoms with Crippen LogP contribution in [-0.4, -0.2) is 28.6 Å². The molecular weight excluding hydrogens is 302 g/mol. The van der Waals surface area contributed by atoms with Crippen molar-refractivity contribution in [1.82, 2.24) is 14.9 Å². The standard InChI is InChI=1S/C16H16ClN3O2/c17-14-2-3-15-12(9-14)8-13(10-22-15)16(21)19-4-1-6-20-7-5-18-11-20/h2-3,5,7-9,11H,1,4,6,10H2,(H,19,21). The van der Waals surface area contributed by atoms with Gasteiger partial charge in [-0.2, -0.15) is 0 Å². The number of rotatable bonds is 5. The minimum absolute atomic E-state index is 0.101. The molecule has 1 aromatic carbocycles. The lowest BCUT2D eigenvalue weighted by atomic mass is 10.1. The molecule has 3 rings (SSSR count). The third kappa shape index (κ3) is 3.49. The second-order valence-electron chi connectivity index (χ2n) is 5.05. The molecule has 0 unspecified atom stereocenters. The Labute approximate surface area is 133 Å². The van der Waals surface area contributed by atoms with Crippen molar-refractivity contribution in [1.29, 1.82) is 0 Å². The van der Waals surface area contributed by atoms with Gasteiger partial charge in [0.1, 0.15) is 12.4 Å². The number of nitrogens with one attached hydrogen (secondary N) is 1. The Morgan fingerprint density at radius 3 is 3.18 bits per heavy atom. The number of amides is 1. The molecule has 2 heterocycles. The first-order chi connectivity index (χ1) is 10.7. The monoisotopic (exact) mass is 317 g/mol. The fraction of sp³-hybridized carbons (Fsp3) is 0.250. The largest absolute Gasteiger partial charge is 0.488 e. The molecule has 1 N–H and O–H groups in total. The predicted molar refractivity (Wildman–Crippen MR) is 84.8 cm³/mol. The Kier molecular flexibility index (Phi) is 4.44. The molecule has 0 fully saturated rings. The third-order valence-corrected chi connectivity index (χ3v) is 3.65. The molecule has 1 aliphatic heterocycles. The van der Waals surface area contributed by atoms with E-state index in [-0.39, 0.29) is 12.5 Å². The Morgan fingerprint density at radius 1 is 1.45 bits per heavy atom. The molecule has 0 spiro atoms. The zero-order valence-corrected chi connectivity index (χ0v) is 12.7. The molecule has 0 bridgehead atoms. The molecule has 0 saturated carbocycles. The maximum absolute atomic E-state index is 12.1. The predicted octanol–water partition coefficient (Wildman–Crippen LogP) is 2.52. The van der Waals surface area contributed by atoms with Gasteiger partial charge in [-0.25, -0.2) is 4.98 Å². The molecule has 1 amide bonds. The summed E-state index contributed by atoms with van der Waals surface area (Å²) >= 11 is 5.96. The Morgan fingerprint density at radius 2 is 2.36 bits per heavy atom. The third-order valence-electron chi connectivity index (χ3n) is 3.41. The number of carbonyl (C=O) groups excluding carboxylic acids is 1. The van der Waals surface area contributed by atoms with Crippen LogP contribution in [0.4, 0.5) is 0 Å². The molecular formula is C16H16ClN3O2. The van der Waals surface area contributed by atoms with Gasteiger partial charge in [-0.3, -0.25) is 4.79 Å². The number of ether oxygens (including phenoxy) is 1. The Bertz CT molecular complexity index is 695. The van der Waals surface area contributed by atoms with Gasteiger partial charge in [0.25, 0.3) is 5.91 Å². The van der Waals surface area contributed by atoms with E-state index in [0.29, 0.717) is 17.1 Å². The summed E-state index contributed by atoms with van der Waals surface area (Å²) in [7, 11) is 0. The summed E-state index contributed by atoms with van der Waals surface area (Å²) in [6.07, 6.45) is 8.08. The number of halogens is 1. The first-order valence-electron chi connectivity index (χ1n) is 7.09. The fourth-order valence-electron chi connectivity index (χ4n) is 2.28. The van der Waals surface area contributed by atoms with E-state index in [2.05, 4.69) is 10.3 Å². The minimum Gasteiger partial charge on any atom is -0.488 e. The van der Waals surface area contributed by atoms with Crippen molar-refractivity contribution in [2.45, 2.75) is 13.0 Å². The maximum atomic E-state index is 12.1. The van der Waals surface area contributed by atoms with Gasteiger partial charge < -0.3 is 14.6 Å². The number of aromatic nitrogens is 2. The number of fused-ring (bicyclic) bond motifs is 1. The van der Waals surface area contributed by atoms with Crippen LogP contribution in [0.2, 0.25) is 5.02 Å². The van der Waals surface area contributed by atoms with E-state index in [4.69, 9.17) is 16.3 Å². The zero-order valence-electron chi connectivity index (χ0n) is 12.0. The van der Waals surface area contributed by atoms with E-state index in [1.165, 1.54) is 0 Å². The van der Waals surface area contributed by atoms with Gasteiger partial charge in [0.05, 0.1) is 11.9 Å². The molecule has 0 aliphatic carbocycles. The summed E-state index contributed by atoms with van der Waals surface area (Å²) in [5.41, 5.74) is 1.44. The molecule has 6 heteroatoms. The summed E-state index contributed by atoms with van der Waals surface area (Å²) in [6, 6.07) is 5.38. The molecule has 1 aliphatic rings. The average molecular weight is 318 g/mol. The van der Waals surface area contributed by atoms with Gasteiger partial charge in [-0.15, -0.1) is 0 Å². The van der Waals surface area contributed by atoms with Crippen LogP contribution in [0.25, 0.3) is 6.08 Å². The molecule has 114 valence electrons. The highest BCUT2D eigenvalue weighted by Gasteiger charge is 2.17. The Balaban J connectivity index is 1.54. The van der Waals surface area contributed by atoms with Gasteiger partial charge in [0.15, 0.2) is 0 Å². The summed E-state index contributed by atoms with van der Waals surface area (Å²) < 4.78 is 7.56. The molecule has 0 radical (unpaired) electrons. The van der Waals surface area contributed by atoms with Crippen molar-refractivity contribution in [2.24, 2.45) is 0 Å². The summed E-state index contributed by atoms with van der Waals surface area (Å²) in [6.45, 7) is 1.72. The van der Waals surface area contributed by atoms with E-state index in [1.807, 2.05) is 22.9 Å². The van der Waals surface area contributed by atoms with E-state index in [9.17, 15) is 4.79 Å². The van der Waals surface area contributed by atoms with Gasteiger partial charge in [-0.1, -0.05) is 11.6 Å². The van der Waals surface area contributed by atoms with Crippen LogP contribution in [0, 0.1) is 0 Å². The zero-order chi connectivity index (χ0) is 15.4. The number of benzene rings is 1. The van der Waals surface area contributed by atoms with Crippen LogP contribution in [0.5, 0.6) is 5.75 Å². The Hall–Kier alpha value is -2.27. The van der Waals surface area contributed by atoms with E-state index < -0.39 is 0 Å². The number of aryl methyl sites for hydroxylation is 1. The maximum Gasteiger partial charge on any atom is 0.250 e. The summed E-state index contributed by atoms with van der Waals surface area (Å²) in [4.78, 5) is 16.1. The first kappa shape index (κ1) is 14.7. The van der Waals surface area contributed by atoms with Crippen LogP contribution in [-0.2, 0) is 11.3 Å². The van der Waals surface area contributed by atoms with Crippen LogP contribution in [0.1, 0.15) is 12.0 Å². The first-order valence-corrected chi connectivity index (χ1v) is 7.47. The molecule has 5 nitrogen and oxygen atoms in total. The fourth-order valence-corrected chi connectivity index (χ4v) is 2.46. The van der Waals surface area contributed by atoms with Crippen molar-refractivity contribution in [3.63, 3.8) is 0 Å². The van der Waals surface area contributed by atoms with Crippen LogP contribution in [0.15, 0.2) is 42.5 Å². The molecule has 0 saturated heterocycles. The highest BCUT2D eigenvalue weighted by atomic mass is 35.5. The smallest absolute Gasteiger partial charge is 0.250 e. The second-order valence-corrected chi connectivity index (χ2v) is 5.49. The lowest BCUT2D eigenvalue weighted by molar-refractivity contribution is -0.117. The summed E-state index contributed by atoms with van der Waals surface area (Å²) in [5.74, 6) is 0.650. The quantitative estimate of drug-likeness (QED) is 0.862. The van der Waals surface area contributed by atoms with Gasteiger partial charge in [-0.05, 0) is 30.7 Å². The number of hydrogen-bond donors (Lipinski definition) is 1. The van der Waals surface area contributed by atoms with Crippen molar-refractivity contribution >= 4 is 23.6 Å². The number of imidazole rings is 1. The van der Waals surface area contributed by atoms with Crippen LogP contribution < -0.4 is 10.1 Å². The normalized spacial score (nSPS) is 13.0. The SMILES string of the molecule is O=C(NCCCn1ccnc1)C1=Cc2cc(Cl)ccc2OC1. The van der Waals surface area contributed by atoms with Gasteiger partial charge in [0, 0.05) is 36.1 Å². The summed E-state index contributed by atoms with van der Waals surface area (Å²) in [5, 5.41) is 3.53. The van der Waals surface area contributed by atoms with Crippen LogP contribution in [0.3, 0.4) is 0 Å². The number of hydrogen-bond acceptors (Lipinski definition) is 3. The average Bonchev–Trinajstić information content (AvgIpc) is 3.04. The minimum atomic E-state index is -0.101. The molecule has 1 aromatic heterocycles. The van der Waals surface area contributed by atoms with Crippen molar-refractivity contribution in [2.75, 3.05) is 13.2 Å². The lowest BCUT2D eigenvalue weighted by Gasteiger charge is -2.17. The van der Waals surface area contributed by atoms with Gasteiger partial charge >= 0.3 is 0 Å². The van der Waals surface area contributed by atoms with Crippen molar-refractivity contribution < 1.29 is 9.53 Å². The highest BCUT2D eigenvalue weighted by molar-refractivity contribution is 6.30. The van der Waals surface area contributed by atoms with Gasteiger partial charge in [0.2, 0.25) is 0 Å². The number of nitrogens with zero attached hydrogens (tertiary/aromatic N) is 2. The highest BCUT2D eigenvalue weighted by Crippen LogP contribution is 2.28. The van der Waals surface area contributed by atoms with Crippen molar-refractivity contribution in [3.8, 4) is 5.75 Å². The molecule has 2 aromatic rings. The van der Waals surface area contributed by atoms with E-state index in [0.717, 1.165) is 24.3 Å². The molecule has 22 heavy (non-hydrogen) atoms. The lowest BCUT2D eigenvalue weighted by Crippen LogP contribution is -2.29. The van der Waals surface area contributed by atoms with Crippen LogP contribution >= 0.6 is 11.6 Å². The number of carbonyl (C=O) groups is 1. The second kappa shape index (κ2) is 6.66. The van der Waals surface area contributed by atoms with Crippen molar-refractivity contribution in [3.05, 3.63) is 53.1 Å². The van der Waals surface area contributed by atoms with E-state index >= 15 is 0 Å². The molecule has 0 atom stereocenters. The van der Waals surface area contributed by atoms with E-state index in [1.54, 1.807) is 24.7 Å².